The molecule has 2 aromatic rings. The third-order valence-corrected chi connectivity index (χ3v) is 3.75. The molecule has 8 heteroatoms. The van der Waals surface area contributed by atoms with Gasteiger partial charge >= 0.3 is 6.18 Å². The van der Waals surface area contributed by atoms with Gasteiger partial charge in [0, 0.05) is 16.7 Å². The van der Waals surface area contributed by atoms with Crippen LogP contribution in [-0.4, -0.2) is 18.2 Å². The molecule has 0 N–H and O–H groups in total. The van der Waals surface area contributed by atoms with Crippen LogP contribution in [-0.2, 0) is 21.4 Å². The van der Waals surface area contributed by atoms with Crippen LogP contribution in [0.5, 0.6) is 11.6 Å². The van der Waals surface area contributed by atoms with Gasteiger partial charge < -0.3 is 14.2 Å². The number of hydrogen-bond donors (Lipinski definition) is 0. The molecule has 1 aromatic heterocycles. The molecule has 4 nitrogen and oxygen atoms in total. The van der Waals surface area contributed by atoms with E-state index in [0.29, 0.717) is 10.8 Å². The van der Waals surface area contributed by atoms with Crippen LogP contribution in [0.25, 0.3) is 0 Å². The second-order valence-corrected chi connectivity index (χ2v) is 5.68. The molecule has 1 aliphatic rings. The van der Waals surface area contributed by atoms with E-state index in [4.69, 9.17) is 25.8 Å². The van der Waals surface area contributed by atoms with E-state index in [1.54, 1.807) is 12.1 Å². The van der Waals surface area contributed by atoms with Crippen LogP contribution in [0.4, 0.5) is 13.2 Å². The predicted molar refractivity (Wildman–Crippen MR) is 80.0 cm³/mol. The minimum atomic E-state index is -4.67. The number of nitrogens with zero attached hydrogens (tertiary/aromatic N) is 1. The fourth-order valence-corrected chi connectivity index (χ4v) is 2.50. The highest BCUT2D eigenvalue weighted by Crippen LogP contribution is 2.40. The van der Waals surface area contributed by atoms with Gasteiger partial charge in [0.1, 0.15) is 5.75 Å². The summed E-state index contributed by atoms with van der Waals surface area (Å²) in [5, 5.41) is 0.491. The van der Waals surface area contributed by atoms with Gasteiger partial charge in [-0.3, -0.25) is 0 Å². The monoisotopic (exact) mass is 359 g/mol. The minimum absolute atomic E-state index is 0.184. The molecule has 1 fully saturated rings. The highest BCUT2D eigenvalue weighted by molar-refractivity contribution is 6.30. The lowest BCUT2D eigenvalue weighted by molar-refractivity contribution is -0.169. The average Bonchev–Trinajstić information content (AvgIpc) is 2.96. The number of halogens is 4. The Hall–Kier alpha value is -1.83. The van der Waals surface area contributed by atoms with Gasteiger partial charge in [-0.15, -0.1) is 0 Å². The van der Waals surface area contributed by atoms with E-state index >= 15 is 0 Å². The smallest absolute Gasteiger partial charge is 0.433 e. The third kappa shape index (κ3) is 3.48. The van der Waals surface area contributed by atoms with Gasteiger partial charge in [0.05, 0.1) is 13.2 Å². The summed E-state index contributed by atoms with van der Waals surface area (Å²) in [6.07, 6.45) is -4.67. The fraction of sp³-hybridized carbons (Fsp3) is 0.312. The Morgan fingerprint density at radius 3 is 2.29 bits per heavy atom. The second-order valence-electron chi connectivity index (χ2n) is 5.24. The van der Waals surface area contributed by atoms with Crippen molar-refractivity contribution in [2.24, 2.45) is 0 Å². The molecule has 128 valence electrons. The molecule has 3 rings (SSSR count). The van der Waals surface area contributed by atoms with Crippen molar-refractivity contribution in [1.82, 2.24) is 4.98 Å². The molecular weight excluding hydrogens is 347 g/mol. The van der Waals surface area contributed by atoms with Crippen molar-refractivity contribution in [1.29, 1.82) is 0 Å². The van der Waals surface area contributed by atoms with Crippen LogP contribution in [0.2, 0.25) is 5.02 Å². The van der Waals surface area contributed by atoms with E-state index in [1.165, 1.54) is 31.2 Å². The Morgan fingerprint density at radius 2 is 1.71 bits per heavy atom. The summed E-state index contributed by atoms with van der Waals surface area (Å²) in [5.74, 6) is -1.33. The number of ether oxygens (including phenoxy) is 3. The molecule has 0 spiro atoms. The number of alkyl halides is 3. The van der Waals surface area contributed by atoms with Gasteiger partial charge in [0.2, 0.25) is 5.88 Å². The quantitative estimate of drug-likeness (QED) is 0.791. The molecule has 0 aliphatic carbocycles. The van der Waals surface area contributed by atoms with Gasteiger partial charge in [-0.1, -0.05) is 11.6 Å². The van der Waals surface area contributed by atoms with Gasteiger partial charge in [0.25, 0.3) is 0 Å². The van der Waals surface area contributed by atoms with E-state index in [-0.39, 0.29) is 24.7 Å². The molecule has 2 heterocycles. The zero-order valence-corrected chi connectivity index (χ0v) is 13.3. The van der Waals surface area contributed by atoms with Crippen LogP contribution in [0.3, 0.4) is 0 Å². The molecule has 24 heavy (non-hydrogen) atoms. The van der Waals surface area contributed by atoms with E-state index < -0.39 is 17.7 Å². The third-order valence-electron chi connectivity index (χ3n) is 3.50. The van der Waals surface area contributed by atoms with E-state index in [9.17, 15) is 13.2 Å². The van der Waals surface area contributed by atoms with Crippen molar-refractivity contribution in [3.05, 3.63) is 52.7 Å². The Morgan fingerprint density at radius 1 is 1.08 bits per heavy atom. The molecule has 0 saturated carbocycles. The SMILES string of the molecule is CC1(c2ccc(Oc3ccc(Cl)cc3)nc2C(F)(F)F)OCCO1. The second kappa shape index (κ2) is 6.23. The van der Waals surface area contributed by atoms with E-state index in [0.717, 1.165) is 0 Å². The Labute approximate surface area is 141 Å². The van der Waals surface area contributed by atoms with Crippen molar-refractivity contribution in [2.45, 2.75) is 18.9 Å². The van der Waals surface area contributed by atoms with Crippen molar-refractivity contribution < 1.29 is 27.4 Å². The minimum Gasteiger partial charge on any atom is -0.439 e. The largest absolute Gasteiger partial charge is 0.439 e. The Balaban J connectivity index is 1.97. The van der Waals surface area contributed by atoms with Crippen molar-refractivity contribution in [2.75, 3.05) is 13.2 Å². The number of aromatic nitrogens is 1. The number of pyridine rings is 1. The van der Waals surface area contributed by atoms with Crippen LogP contribution in [0.1, 0.15) is 18.2 Å². The van der Waals surface area contributed by atoms with Crippen LogP contribution in [0, 0.1) is 0 Å². The number of rotatable bonds is 3. The highest BCUT2D eigenvalue weighted by Gasteiger charge is 2.44. The Bertz CT molecular complexity index is 728. The molecule has 1 aliphatic heterocycles. The molecule has 0 atom stereocenters. The maximum Gasteiger partial charge on any atom is 0.433 e. The summed E-state index contributed by atoms with van der Waals surface area (Å²) in [5.41, 5.74) is -1.28. The summed E-state index contributed by atoms with van der Waals surface area (Å²) in [6, 6.07) is 8.81. The lowest BCUT2D eigenvalue weighted by atomic mass is 10.1. The lowest BCUT2D eigenvalue weighted by Crippen LogP contribution is -2.27. The summed E-state index contributed by atoms with van der Waals surface area (Å²) in [4.78, 5) is 3.61. The molecule has 0 unspecified atom stereocenters. The van der Waals surface area contributed by atoms with Crippen molar-refractivity contribution in [3.8, 4) is 11.6 Å². The number of benzene rings is 1. The molecule has 1 saturated heterocycles. The lowest BCUT2D eigenvalue weighted by Gasteiger charge is -2.25. The van der Waals surface area contributed by atoms with Gasteiger partial charge in [-0.25, -0.2) is 4.98 Å². The van der Waals surface area contributed by atoms with Gasteiger partial charge in [-0.05, 0) is 37.3 Å². The van der Waals surface area contributed by atoms with Crippen LogP contribution in [0.15, 0.2) is 36.4 Å². The summed E-state index contributed by atoms with van der Waals surface area (Å²) >= 11 is 5.76. The molecule has 0 radical (unpaired) electrons. The maximum absolute atomic E-state index is 13.4. The van der Waals surface area contributed by atoms with Crippen molar-refractivity contribution in [3.63, 3.8) is 0 Å². The Kier molecular flexibility index (Phi) is 4.42. The molecular formula is C16H13ClF3NO3. The zero-order valence-electron chi connectivity index (χ0n) is 12.6. The topological polar surface area (TPSA) is 40.6 Å². The van der Waals surface area contributed by atoms with Gasteiger partial charge in [-0.2, -0.15) is 13.2 Å². The first-order valence-electron chi connectivity index (χ1n) is 7.08. The summed E-state index contributed by atoms with van der Waals surface area (Å²) < 4.78 is 56.2. The first-order chi connectivity index (χ1) is 11.3. The average molecular weight is 360 g/mol. The molecule has 0 amide bonds. The fourth-order valence-electron chi connectivity index (χ4n) is 2.37. The van der Waals surface area contributed by atoms with E-state index in [2.05, 4.69) is 4.98 Å². The van der Waals surface area contributed by atoms with Crippen LogP contribution >= 0.6 is 11.6 Å². The van der Waals surface area contributed by atoms with E-state index in [1.807, 2.05) is 0 Å². The number of hydrogen-bond acceptors (Lipinski definition) is 4. The molecule has 0 bridgehead atoms. The first kappa shape index (κ1) is 17.0. The predicted octanol–water partition coefficient (Wildman–Crippen LogP) is 4.77. The molecule has 1 aromatic carbocycles. The summed E-state index contributed by atoms with van der Waals surface area (Å²) in [7, 11) is 0. The normalized spacial score (nSPS) is 17.0. The van der Waals surface area contributed by atoms with Gasteiger partial charge in [0.15, 0.2) is 11.5 Å². The maximum atomic E-state index is 13.4. The summed E-state index contributed by atoms with van der Waals surface area (Å²) in [6.45, 7) is 1.87. The van der Waals surface area contributed by atoms with Crippen LogP contribution < -0.4 is 4.74 Å². The zero-order chi connectivity index (χ0) is 17.4. The standard InChI is InChI=1S/C16H13ClF3NO3/c1-15(22-8-9-23-15)12-6-7-13(21-14(12)16(18,19)20)24-11-4-2-10(17)3-5-11/h2-7H,8-9H2,1H3. The first-order valence-corrected chi connectivity index (χ1v) is 7.46. The van der Waals surface area contributed by atoms with Crippen molar-refractivity contribution >= 4 is 11.6 Å². The highest BCUT2D eigenvalue weighted by atomic mass is 35.5.